The van der Waals surface area contributed by atoms with Crippen LogP contribution in [0.25, 0.3) is 0 Å². The molecule has 0 spiro atoms. The number of nitrogens with zero attached hydrogens (tertiary/aromatic N) is 3. The molecule has 36 heavy (non-hydrogen) atoms. The molecule has 0 bridgehead atoms. The van der Waals surface area contributed by atoms with Gasteiger partial charge in [0.2, 0.25) is 0 Å². The fraction of sp³-hybridized carbons (Fsp3) is 0.238. The van der Waals surface area contributed by atoms with Crippen LogP contribution in [-0.2, 0) is 22.2 Å². The predicted molar refractivity (Wildman–Crippen MR) is 113 cm³/mol. The van der Waals surface area contributed by atoms with Gasteiger partial charge in [-0.05, 0) is 49.7 Å². The monoisotopic (exact) mass is 534 g/mol. The maximum absolute atomic E-state index is 13.4. The van der Waals surface area contributed by atoms with Gasteiger partial charge in [0, 0.05) is 11.9 Å². The Balaban J connectivity index is 2.07. The zero-order chi connectivity index (χ0) is 27.1. The van der Waals surface area contributed by atoms with Crippen LogP contribution in [0.1, 0.15) is 33.0 Å². The Kier molecular flexibility index (Phi) is 6.99. The Hall–Kier alpha value is -3.75. The van der Waals surface area contributed by atoms with Gasteiger partial charge in [-0.2, -0.15) is 26.3 Å². The van der Waals surface area contributed by atoms with Crippen LogP contribution < -0.4 is 10.1 Å². The van der Waals surface area contributed by atoms with Crippen molar-refractivity contribution < 1.29 is 44.3 Å². The summed E-state index contributed by atoms with van der Waals surface area (Å²) in [5.41, 5.74) is -4.47. The van der Waals surface area contributed by atoms with Crippen LogP contribution in [0, 0.1) is 13.8 Å². The van der Waals surface area contributed by atoms with Crippen molar-refractivity contribution in [1.29, 1.82) is 0 Å². The van der Waals surface area contributed by atoms with Gasteiger partial charge >= 0.3 is 12.4 Å². The summed E-state index contributed by atoms with van der Waals surface area (Å²) in [5, 5.41) is 8.68. The number of pyridine rings is 1. The Labute approximate surface area is 200 Å². The van der Waals surface area contributed by atoms with Crippen LogP contribution in [0.3, 0.4) is 0 Å². The summed E-state index contributed by atoms with van der Waals surface area (Å²) < 4.78 is 108. The Morgan fingerprint density at radius 1 is 0.972 bits per heavy atom. The van der Waals surface area contributed by atoms with Crippen molar-refractivity contribution in [1.82, 2.24) is 15.2 Å². The normalized spacial score (nSPS) is 12.4. The number of anilines is 1. The lowest BCUT2D eigenvalue weighted by Crippen LogP contribution is -2.21. The zero-order valence-corrected chi connectivity index (χ0v) is 19.4. The molecule has 3 aromatic rings. The minimum atomic E-state index is -4.99. The first-order valence-corrected chi connectivity index (χ1v) is 11.7. The van der Waals surface area contributed by atoms with E-state index in [0.29, 0.717) is 6.07 Å². The van der Waals surface area contributed by atoms with Gasteiger partial charge in [0.25, 0.3) is 11.8 Å². The number of amides is 1. The van der Waals surface area contributed by atoms with Crippen LogP contribution in [0.2, 0.25) is 0 Å². The number of rotatable bonds is 5. The van der Waals surface area contributed by atoms with Crippen molar-refractivity contribution in [2.45, 2.75) is 31.1 Å². The molecule has 1 N–H and O–H groups in total. The smallest absolute Gasteiger partial charge is 0.435 e. The maximum atomic E-state index is 13.4. The number of hydrogen-bond acceptors (Lipinski definition) is 7. The molecule has 0 saturated carbocycles. The number of aryl methyl sites for hydroxylation is 1. The van der Waals surface area contributed by atoms with Gasteiger partial charge in [-0.15, -0.1) is 10.2 Å². The number of nitrogens with one attached hydrogen (secondary N) is 1. The van der Waals surface area contributed by atoms with Gasteiger partial charge in [0.15, 0.2) is 21.3 Å². The molecule has 15 heteroatoms. The van der Waals surface area contributed by atoms with E-state index in [2.05, 4.69) is 20.5 Å². The summed E-state index contributed by atoms with van der Waals surface area (Å²) >= 11 is 0. The molecule has 0 unspecified atom stereocenters. The highest BCUT2D eigenvalue weighted by atomic mass is 32.2. The SMILES string of the molecule is Cc1nc(C(F)(F)F)ccc1Oc1nnc(C(F)(F)F)c(C)c1C(=O)Nc1cccc(S(C)(=O)=O)c1. The first-order valence-electron chi connectivity index (χ1n) is 9.77. The van der Waals surface area contributed by atoms with Crippen molar-refractivity contribution in [3.05, 3.63) is 64.6 Å². The van der Waals surface area contributed by atoms with Crippen LogP contribution in [0.15, 0.2) is 41.3 Å². The van der Waals surface area contributed by atoms with Crippen LogP contribution in [-0.4, -0.2) is 35.8 Å². The molecule has 2 heterocycles. The lowest BCUT2D eigenvalue weighted by Gasteiger charge is -2.17. The third kappa shape index (κ3) is 5.90. The molecule has 0 aliphatic heterocycles. The van der Waals surface area contributed by atoms with E-state index in [4.69, 9.17) is 4.74 Å². The summed E-state index contributed by atoms with van der Waals surface area (Å²) in [6, 6.07) is 6.40. The summed E-state index contributed by atoms with van der Waals surface area (Å²) in [6.07, 6.45) is -8.82. The number of ether oxygens (including phenoxy) is 1. The maximum Gasteiger partial charge on any atom is 0.435 e. The Morgan fingerprint density at radius 2 is 1.64 bits per heavy atom. The number of carbonyl (C=O) groups excluding carboxylic acids is 1. The number of aromatic nitrogens is 3. The first kappa shape index (κ1) is 26.8. The van der Waals surface area contributed by atoms with E-state index in [-0.39, 0.29) is 22.0 Å². The van der Waals surface area contributed by atoms with E-state index in [1.807, 2.05) is 0 Å². The Morgan fingerprint density at radius 3 is 2.19 bits per heavy atom. The second-order valence-corrected chi connectivity index (χ2v) is 9.50. The highest BCUT2D eigenvalue weighted by Crippen LogP contribution is 2.36. The van der Waals surface area contributed by atoms with Crippen LogP contribution in [0.4, 0.5) is 32.0 Å². The van der Waals surface area contributed by atoms with Gasteiger partial charge in [-0.1, -0.05) is 6.07 Å². The molecular formula is C21H16F6N4O4S. The number of alkyl halides is 6. The third-order valence-corrected chi connectivity index (χ3v) is 5.85. The number of hydrogen-bond donors (Lipinski definition) is 1. The molecule has 2 aromatic heterocycles. The molecule has 0 aliphatic rings. The van der Waals surface area contributed by atoms with E-state index in [1.165, 1.54) is 18.2 Å². The van der Waals surface area contributed by atoms with Gasteiger partial charge in [-0.3, -0.25) is 4.79 Å². The summed E-state index contributed by atoms with van der Waals surface area (Å²) in [6.45, 7) is 2.09. The van der Waals surface area contributed by atoms with E-state index in [1.54, 1.807) is 0 Å². The van der Waals surface area contributed by atoms with E-state index >= 15 is 0 Å². The molecule has 8 nitrogen and oxygen atoms in total. The highest BCUT2D eigenvalue weighted by molar-refractivity contribution is 7.90. The van der Waals surface area contributed by atoms with E-state index < -0.39 is 56.5 Å². The fourth-order valence-electron chi connectivity index (χ4n) is 3.02. The fourth-order valence-corrected chi connectivity index (χ4v) is 3.69. The van der Waals surface area contributed by atoms with Gasteiger partial charge < -0.3 is 10.1 Å². The third-order valence-electron chi connectivity index (χ3n) is 4.73. The molecule has 3 rings (SSSR count). The predicted octanol–water partition coefficient (Wildman–Crippen LogP) is 4.97. The van der Waals surface area contributed by atoms with Crippen molar-refractivity contribution in [3.63, 3.8) is 0 Å². The molecule has 0 saturated heterocycles. The van der Waals surface area contributed by atoms with E-state index in [0.717, 1.165) is 32.2 Å². The number of benzene rings is 1. The zero-order valence-electron chi connectivity index (χ0n) is 18.6. The lowest BCUT2D eigenvalue weighted by atomic mass is 10.1. The topological polar surface area (TPSA) is 111 Å². The molecule has 0 radical (unpaired) electrons. The first-order chi connectivity index (χ1) is 16.5. The molecule has 0 aliphatic carbocycles. The van der Waals surface area contributed by atoms with Crippen molar-refractivity contribution in [2.75, 3.05) is 11.6 Å². The highest BCUT2D eigenvalue weighted by Gasteiger charge is 2.38. The standard InChI is InChI=1S/C21H16F6N4O4S/c1-10-16(18(32)29-12-5-4-6-13(9-12)36(3,33)34)19(31-30-17(10)21(25,26)27)35-14-7-8-15(20(22,23)24)28-11(14)2/h4-9H,1-3H3,(H,29,32). The summed E-state index contributed by atoms with van der Waals surface area (Å²) in [4.78, 5) is 16.2. The van der Waals surface area contributed by atoms with Crippen molar-refractivity contribution in [2.24, 2.45) is 0 Å². The molecule has 1 amide bonds. The quantitative estimate of drug-likeness (QED) is 0.460. The van der Waals surface area contributed by atoms with Crippen LogP contribution in [0.5, 0.6) is 11.6 Å². The second kappa shape index (κ2) is 9.37. The minimum absolute atomic E-state index is 0.0639. The number of halogens is 6. The van der Waals surface area contributed by atoms with Gasteiger partial charge in [0.05, 0.1) is 10.6 Å². The molecular weight excluding hydrogens is 518 g/mol. The molecule has 0 fully saturated rings. The van der Waals surface area contributed by atoms with Gasteiger partial charge in [-0.25, -0.2) is 13.4 Å². The van der Waals surface area contributed by atoms with E-state index in [9.17, 15) is 39.6 Å². The summed E-state index contributed by atoms with van der Waals surface area (Å²) in [7, 11) is -3.66. The largest absolute Gasteiger partial charge is 0.435 e. The average molecular weight is 534 g/mol. The second-order valence-electron chi connectivity index (χ2n) is 7.49. The Bertz CT molecular complexity index is 1440. The number of sulfone groups is 1. The lowest BCUT2D eigenvalue weighted by molar-refractivity contribution is -0.142. The number of carbonyl (C=O) groups is 1. The minimum Gasteiger partial charge on any atom is -0.435 e. The molecule has 192 valence electrons. The molecule has 0 atom stereocenters. The summed E-state index contributed by atoms with van der Waals surface area (Å²) in [5.74, 6) is -2.21. The van der Waals surface area contributed by atoms with Crippen molar-refractivity contribution >= 4 is 21.4 Å². The van der Waals surface area contributed by atoms with Crippen LogP contribution >= 0.6 is 0 Å². The molecule has 1 aromatic carbocycles. The van der Waals surface area contributed by atoms with Crippen molar-refractivity contribution in [3.8, 4) is 11.6 Å². The van der Waals surface area contributed by atoms with Gasteiger partial charge in [0.1, 0.15) is 11.3 Å². The average Bonchev–Trinajstić information content (AvgIpc) is 2.73.